The van der Waals surface area contributed by atoms with Crippen LogP contribution in [0.2, 0.25) is 0 Å². The summed E-state index contributed by atoms with van der Waals surface area (Å²) in [7, 11) is 0. The van der Waals surface area contributed by atoms with Crippen molar-refractivity contribution in [1.29, 1.82) is 0 Å². The van der Waals surface area contributed by atoms with Crippen molar-refractivity contribution in [3.05, 3.63) is 59.3 Å². The second-order valence-electron chi connectivity index (χ2n) is 7.30. The zero-order valence-corrected chi connectivity index (χ0v) is 15.9. The summed E-state index contributed by atoms with van der Waals surface area (Å²) in [5.41, 5.74) is 5.19. The van der Waals surface area contributed by atoms with Crippen LogP contribution in [-0.2, 0) is 22.4 Å². The normalized spacial score (nSPS) is 14.3. The molecule has 0 aliphatic heterocycles. The zero-order valence-electron chi connectivity index (χ0n) is 15.9. The van der Waals surface area contributed by atoms with Crippen molar-refractivity contribution < 1.29 is 9.59 Å². The number of benzene rings is 2. The molecule has 144 valence electrons. The van der Waals surface area contributed by atoms with Gasteiger partial charge in [0.25, 0.3) is 0 Å². The van der Waals surface area contributed by atoms with Gasteiger partial charge in [0.2, 0.25) is 0 Å². The third kappa shape index (κ3) is 3.76. The molecule has 0 saturated heterocycles. The van der Waals surface area contributed by atoms with E-state index in [1.165, 1.54) is 24.0 Å². The first-order valence-electron chi connectivity index (χ1n) is 9.80. The molecule has 0 bridgehead atoms. The van der Waals surface area contributed by atoms with E-state index in [0.29, 0.717) is 5.69 Å². The Balaban J connectivity index is 1.44. The molecule has 0 spiro atoms. The minimum atomic E-state index is -0.671. The van der Waals surface area contributed by atoms with Gasteiger partial charge in [-0.2, -0.15) is 5.10 Å². The Labute approximate surface area is 163 Å². The molecule has 6 heteroatoms. The molecule has 1 aliphatic carbocycles. The van der Waals surface area contributed by atoms with E-state index in [2.05, 4.69) is 39.0 Å². The van der Waals surface area contributed by atoms with Crippen LogP contribution in [-0.4, -0.2) is 22.0 Å². The Morgan fingerprint density at radius 3 is 2.71 bits per heavy atom. The lowest BCUT2D eigenvalue weighted by Crippen LogP contribution is -2.37. The largest absolute Gasteiger partial charge is 0.341 e. The zero-order chi connectivity index (χ0) is 19.5. The van der Waals surface area contributed by atoms with Gasteiger partial charge in [-0.1, -0.05) is 25.1 Å². The molecule has 3 N–H and O–H groups in total. The van der Waals surface area contributed by atoms with Crippen LogP contribution < -0.4 is 10.6 Å². The SMILES string of the molecule is CCC(NC(=O)C(=O)Nc1ccc2cn[nH]c2c1)c1ccc2c(c1)CCCC2. The third-order valence-electron chi connectivity index (χ3n) is 5.39. The van der Waals surface area contributed by atoms with Crippen LogP contribution in [0.15, 0.2) is 42.6 Å². The van der Waals surface area contributed by atoms with E-state index < -0.39 is 11.8 Å². The van der Waals surface area contributed by atoms with Crippen molar-refractivity contribution in [3.63, 3.8) is 0 Å². The van der Waals surface area contributed by atoms with Gasteiger partial charge in [0.1, 0.15) is 0 Å². The number of aromatic nitrogens is 2. The number of carbonyl (C=O) groups excluding carboxylic acids is 2. The maximum atomic E-state index is 12.4. The van der Waals surface area contributed by atoms with Crippen molar-refractivity contribution in [2.45, 2.75) is 45.1 Å². The molecule has 6 nitrogen and oxygen atoms in total. The number of nitrogens with one attached hydrogen (secondary N) is 3. The van der Waals surface area contributed by atoms with E-state index in [1.54, 1.807) is 18.3 Å². The van der Waals surface area contributed by atoms with Crippen molar-refractivity contribution in [2.24, 2.45) is 0 Å². The van der Waals surface area contributed by atoms with E-state index in [0.717, 1.165) is 35.7 Å². The van der Waals surface area contributed by atoms with E-state index >= 15 is 0 Å². The Morgan fingerprint density at radius 1 is 1.07 bits per heavy atom. The number of H-pyrrole nitrogens is 1. The Hall–Kier alpha value is -3.15. The number of nitrogens with zero attached hydrogens (tertiary/aromatic N) is 1. The highest BCUT2D eigenvalue weighted by Crippen LogP contribution is 2.26. The van der Waals surface area contributed by atoms with Crippen LogP contribution in [0.1, 0.15) is 48.9 Å². The smallest absolute Gasteiger partial charge is 0.313 e. The molecule has 1 aliphatic rings. The number of amides is 2. The molecule has 2 amide bonds. The molecule has 28 heavy (non-hydrogen) atoms. The number of aryl methyl sites for hydroxylation is 2. The molecule has 0 fully saturated rings. The summed E-state index contributed by atoms with van der Waals surface area (Å²) in [4.78, 5) is 24.8. The van der Waals surface area contributed by atoms with Gasteiger partial charge in [0, 0.05) is 11.1 Å². The summed E-state index contributed by atoms with van der Waals surface area (Å²) >= 11 is 0. The van der Waals surface area contributed by atoms with Crippen LogP contribution in [0.5, 0.6) is 0 Å². The van der Waals surface area contributed by atoms with E-state index in [4.69, 9.17) is 0 Å². The molecule has 3 aromatic rings. The van der Waals surface area contributed by atoms with Crippen molar-refractivity contribution in [1.82, 2.24) is 15.5 Å². The van der Waals surface area contributed by atoms with Gasteiger partial charge in [-0.05, 0) is 67.0 Å². The highest BCUT2D eigenvalue weighted by Gasteiger charge is 2.20. The maximum Gasteiger partial charge on any atom is 0.313 e. The quantitative estimate of drug-likeness (QED) is 0.608. The lowest BCUT2D eigenvalue weighted by molar-refractivity contribution is -0.136. The molecule has 1 aromatic heterocycles. The first kappa shape index (κ1) is 18.2. The molecule has 0 radical (unpaired) electrons. The number of rotatable bonds is 4. The van der Waals surface area contributed by atoms with Gasteiger partial charge in [-0.15, -0.1) is 0 Å². The molecular weight excluding hydrogens is 352 g/mol. The summed E-state index contributed by atoms with van der Waals surface area (Å²) in [5.74, 6) is -1.30. The van der Waals surface area contributed by atoms with Crippen molar-refractivity contribution in [2.75, 3.05) is 5.32 Å². The predicted molar refractivity (Wildman–Crippen MR) is 109 cm³/mol. The van der Waals surface area contributed by atoms with Gasteiger partial charge < -0.3 is 10.6 Å². The second-order valence-corrected chi connectivity index (χ2v) is 7.30. The second kappa shape index (κ2) is 7.84. The molecule has 0 saturated carbocycles. The summed E-state index contributed by atoms with van der Waals surface area (Å²) in [6, 6.07) is 11.6. The number of hydrogen-bond acceptors (Lipinski definition) is 3. The van der Waals surface area contributed by atoms with Gasteiger partial charge in [0.05, 0.1) is 17.8 Å². The number of fused-ring (bicyclic) bond motifs is 2. The topological polar surface area (TPSA) is 86.9 Å². The first-order valence-corrected chi connectivity index (χ1v) is 9.80. The standard InChI is InChI=1S/C22H24N4O2/c1-2-19(16-8-7-14-5-3-4-6-15(14)11-16)25-22(28)21(27)24-18-10-9-17-13-23-26-20(17)12-18/h7-13,19H,2-6H2,1H3,(H,23,26)(H,24,27)(H,25,28). The fourth-order valence-electron chi connectivity index (χ4n) is 3.82. The fourth-order valence-corrected chi connectivity index (χ4v) is 3.82. The Morgan fingerprint density at radius 2 is 1.89 bits per heavy atom. The van der Waals surface area contributed by atoms with E-state index in [-0.39, 0.29) is 6.04 Å². The van der Waals surface area contributed by atoms with Gasteiger partial charge in [0.15, 0.2) is 0 Å². The van der Waals surface area contributed by atoms with Gasteiger partial charge in [-0.3, -0.25) is 14.7 Å². The van der Waals surface area contributed by atoms with E-state index in [1.807, 2.05) is 13.0 Å². The van der Waals surface area contributed by atoms with Crippen LogP contribution in [0.25, 0.3) is 10.9 Å². The summed E-state index contributed by atoms with van der Waals surface area (Å²) in [6.07, 6.45) is 7.09. The number of anilines is 1. The molecule has 1 atom stereocenters. The van der Waals surface area contributed by atoms with Crippen molar-refractivity contribution in [3.8, 4) is 0 Å². The first-order chi connectivity index (χ1) is 13.6. The number of hydrogen-bond donors (Lipinski definition) is 3. The third-order valence-corrected chi connectivity index (χ3v) is 5.39. The lowest BCUT2D eigenvalue weighted by atomic mass is 9.89. The lowest BCUT2D eigenvalue weighted by Gasteiger charge is -2.21. The number of carbonyl (C=O) groups is 2. The van der Waals surface area contributed by atoms with Crippen LogP contribution in [0.3, 0.4) is 0 Å². The van der Waals surface area contributed by atoms with Crippen LogP contribution in [0, 0.1) is 0 Å². The van der Waals surface area contributed by atoms with Crippen molar-refractivity contribution >= 4 is 28.4 Å². The van der Waals surface area contributed by atoms with Crippen LogP contribution in [0.4, 0.5) is 5.69 Å². The minimum Gasteiger partial charge on any atom is -0.341 e. The Bertz CT molecular complexity index is 1020. The van der Waals surface area contributed by atoms with Gasteiger partial charge >= 0.3 is 11.8 Å². The van der Waals surface area contributed by atoms with Crippen LogP contribution >= 0.6 is 0 Å². The fraction of sp³-hybridized carbons (Fsp3) is 0.318. The maximum absolute atomic E-state index is 12.4. The molecular formula is C22H24N4O2. The molecule has 1 unspecified atom stereocenters. The molecule has 1 heterocycles. The number of aromatic amines is 1. The molecule has 4 rings (SSSR count). The van der Waals surface area contributed by atoms with E-state index in [9.17, 15) is 9.59 Å². The predicted octanol–water partition coefficient (Wildman–Crippen LogP) is 3.65. The van der Waals surface area contributed by atoms with Gasteiger partial charge in [-0.25, -0.2) is 0 Å². The highest BCUT2D eigenvalue weighted by molar-refractivity contribution is 6.39. The average molecular weight is 376 g/mol. The average Bonchev–Trinajstić information content (AvgIpc) is 3.19. The minimum absolute atomic E-state index is 0.180. The summed E-state index contributed by atoms with van der Waals surface area (Å²) in [6.45, 7) is 2.01. The highest BCUT2D eigenvalue weighted by atomic mass is 16.2. The summed E-state index contributed by atoms with van der Waals surface area (Å²) < 4.78 is 0. The summed E-state index contributed by atoms with van der Waals surface area (Å²) in [5, 5.41) is 13.3. The Kier molecular flexibility index (Phi) is 5.10. The monoisotopic (exact) mass is 376 g/mol. The molecule has 2 aromatic carbocycles.